The first-order chi connectivity index (χ1) is 22.0. The van der Waals surface area contributed by atoms with Gasteiger partial charge in [0.1, 0.15) is 11.4 Å². The molecule has 1 fully saturated rings. The lowest BCUT2D eigenvalue weighted by Crippen LogP contribution is -2.36. The van der Waals surface area contributed by atoms with Crippen LogP contribution in [0.5, 0.6) is 5.75 Å². The molecule has 1 saturated heterocycles. The second-order valence-corrected chi connectivity index (χ2v) is 11.4. The molecule has 2 aromatic heterocycles. The number of nitrogens with zero attached hydrogens (tertiary/aromatic N) is 6. The zero-order chi connectivity index (χ0) is 31.3. The molecule has 4 heterocycles. The van der Waals surface area contributed by atoms with Gasteiger partial charge in [-0.05, 0) is 48.7 Å². The summed E-state index contributed by atoms with van der Waals surface area (Å²) in [5.74, 6) is -0.0596. The van der Waals surface area contributed by atoms with Crippen molar-refractivity contribution in [2.75, 3.05) is 59.5 Å². The summed E-state index contributed by atoms with van der Waals surface area (Å²) >= 11 is 0. The monoisotopic (exact) mass is 615 g/mol. The maximum atomic E-state index is 16.5. The number of carbonyl (C=O) groups excluding carboxylic acids is 2. The van der Waals surface area contributed by atoms with Crippen LogP contribution < -0.4 is 4.74 Å². The van der Waals surface area contributed by atoms with Crippen LogP contribution in [0.1, 0.15) is 35.3 Å². The average molecular weight is 616 g/mol. The van der Waals surface area contributed by atoms with Crippen LogP contribution in [0.2, 0.25) is 0 Å². The van der Waals surface area contributed by atoms with E-state index in [1.54, 1.807) is 40.1 Å². The first-order valence-corrected chi connectivity index (χ1v) is 15.4. The number of H-pyrrole nitrogens is 1. The molecule has 0 atom stereocenters. The molecular formula is C33H38FN7O4. The summed E-state index contributed by atoms with van der Waals surface area (Å²) in [6.45, 7) is 4.47. The number of fused-ring (bicyclic) bond motifs is 1. The van der Waals surface area contributed by atoms with E-state index in [4.69, 9.17) is 4.74 Å². The molecule has 0 spiro atoms. The van der Waals surface area contributed by atoms with Crippen molar-refractivity contribution < 1.29 is 23.8 Å². The molecule has 0 radical (unpaired) electrons. The zero-order valence-electron chi connectivity index (χ0n) is 25.4. The van der Waals surface area contributed by atoms with Crippen LogP contribution in [0.25, 0.3) is 27.6 Å². The Morgan fingerprint density at radius 2 is 1.89 bits per heavy atom. The van der Waals surface area contributed by atoms with Crippen molar-refractivity contribution in [2.45, 2.75) is 25.8 Å². The largest absolute Gasteiger partial charge is 0.496 e. The van der Waals surface area contributed by atoms with Crippen molar-refractivity contribution in [3.8, 4) is 16.9 Å². The third kappa shape index (κ3) is 6.47. The number of halogens is 1. The van der Waals surface area contributed by atoms with Gasteiger partial charge in [0.05, 0.1) is 32.0 Å². The summed E-state index contributed by atoms with van der Waals surface area (Å²) in [6.07, 6.45) is 6.93. The fraction of sp³-hybridized carbons (Fsp3) is 0.394. The highest BCUT2D eigenvalue weighted by Gasteiger charge is 2.27. The minimum Gasteiger partial charge on any atom is -0.496 e. The number of aliphatic hydroxyl groups is 1. The second-order valence-electron chi connectivity index (χ2n) is 11.4. The van der Waals surface area contributed by atoms with Crippen molar-refractivity contribution in [3.63, 3.8) is 0 Å². The van der Waals surface area contributed by atoms with E-state index in [0.717, 1.165) is 24.1 Å². The summed E-state index contributed by atoms with van der Waals surface area (Å²) < 4.78 is 23.8. The van der Waals surface area contributed by atoms with Crippen molar-refractivity contribution in [1.82, 2.24) is 34.7 Å². The highest BCUT2D eigenvalue weighted by Crippen LogP contribution is 2.40. The summed E-state index contributed by atoms with van der Waals surface area (Å²) in [6, 6.07) is 11.1. The van der Waals surface area contributed by atoms with Gasteiger partial charge < -0.3 is 24.6 Å². The quantitative estimate of drug-likeness (QED) is 0.296. The third-order valence-corrected chi connectivity index (χ3v) is 8.65. The van der Waals surface area contributed by atoms with Gasteiger partial charge in [0.2, 0.25) is 5.91 Å². The van der Waals surface area contributed by atoms with E-state index >= 15 is 4.39 Å². The van der Waals surface area contributed by atoms with Gasteiger partial charge >= 0.3 is 0 Å². The van der Waals surface area contributed by atoms with Crippen LogP contribution >= 0.6 is 0 Å². The molecule has 2 N–H and O–H groups in total. The number of hydrogen-bond acceptors (Lipinski definition) is 7. The van der Waals surface area contributed by atoms with Gasteiger partial charge in [-0.1, -0.05) is 29.5 Å². The molecule has 0 bridgehead atoms. The predicted octanol–water partition coefficient (Wildman–Crippen LogP) is 3.42. The molecule has 12 heteroatoms. The molecule has 2 amide bonds. The van der Waals surface area contributed by atoms with Crippen LogP contribution in [0, 0.1) is 5.82 Å². The van der Waals surface area contributed by atoms with Gasteiger partial charge in [-0.3, -0.25) is 19.2 Å². The van der Waals surface area contributed by atoms with E-state index in [1.165, 1.54) is 0 Å². The Labute approximate surface area is 260 Å². The molecule has 2 aliphatic heterocycles. The van der Waals surface area contributed by atoms with Gasteiger partial charge in [0.25, 0.3) is 5.91 Å². The number of amides is 2. The number of β-amino-alcohol motifs (C(OH)–C–C–N with tert-alkyl or cyclic N) is 1. The van der Waals surface area contributed by atoms with Crippen molar-refractivity contribution >= 4 is 28.3 Å². The van der Waals surface area contributed by atoms with E-state index in [2.05, 4.69) is 20.2 Å². The van der Waals surface area contributed by atoms with Crippen molar-refractivity contribution in [1.29, 1.82) is 0 Å². The Morgan fingerprint density at radius 1 is 1.02 bits per heavy atom. The molecule has 4 aromatic rings. The topological polar surface area (TPSA) is 120 Å². The lowest BCUT2D eigenvalue weighted by Gasteiger charge is -2.28. The fourth-order valence-electron chi connectivity index (χ4n) is 6.28. The molecule has 0 saturated carbocycles. The highest BCUT2D eigenvalue weighted by atomic mass is 19.1. The fourth-order valence-corrected chi connectivity index (χ4v) is 6.28. The third-order valence-electron chi connectivity index (χ3n) is 8.65. The summed E-state index contributed by atoms with van der Waals surface area (Å²) in [4.78, 5) is 35.7. The predicted molar refractivity (Wildman–Crippen MR) is 168 cm³/mol. The first kappa shape index (κ1) is 30.5. The molecule has 0 aliphatic carbocycles. The molecule has 11 nitrogen and oxygen atoms in total. The second kappa shape index (κ2) is 13.6. The van der Waals surface area contributed by atoms with E-state index < -0.39 is 5.82 Å². The van der Waals surface area contributed by atoms with Crippen LogP contribution in [-0.4, -0.2) is 111 Å². The Hall–Kier alpha value is -4.55. The minimum atomic E-state index is -0.462. The number of rotatable bonds is 9. The Bertz CT molecular complexity index is 1700. The molecule has 0 unspecified atom stereocenters. The number of aryl methyl sites for hydroxylation is 1. The van der Waals surface area contributed by atoms with E-state index in [0.29, 0.717) is 73.7 Å². The Balaban J connectivity index is 1.35. The normalized spacial score (nSPS) is 16.1. The molecule has 45 heavy (non-hydrogen) atoms. The van der Waals surface area contributed by atoms with E-state index in [-0.39, 0.29) is 36.9 Å². The number of aliphatic hydroxyl groups excluding tert-OH is 1. The van der Waals surface area contributed by atoms with Crippen LogP contribution in [0.3, 0.4) is 0 Å². The van der Waals surface area contributed by atoms with Gasteiger partial charge in [-0.2, -0.15) is 0 Å². The lowest BCUT2D eigenvalue weighted by atomic mass is 9.93. The maximum absolute atomic E-state index is 16.5. The Kier molecular flexibility index (Phi) is 9.22. The standard InChI is InChI=1S/C33H38FN7O4/c1-45-29-8-3-2-7-24(29)26-20-25(23-6-4-12-40(22-23)30(43)9-14-41-15-10-35-37-41)31(34)32-27(26)21-28(36-32)33(44)39-13-5-11-38(16-17-39)18-19-42/h2-3,6-8,10,15,20-21,36,42H,4-5,9,11-14,16-19,22H2,1H3. The number of nitrogens with one attached hydrogen (secondary N) is 1. The number of para-hydroxylation sites is 1. The zero-order valence-corrected chi connectivity index (χ0v) is 25.4. The number of aromatic nitrogens is 4. The summed E-state index contributed by atoms with van der Waals surface area (Å²) in [5.41, 5.74) is 3.15. The first-order valence-electron chi connectivity index (χ1n) is 15.4. The van der Waals surface area contributed by atoms with Crippen LogP contribution in [0.4, 0.5) is 4.39 Å². The molecular weight excluding hydrogens is 577 g/mol. The van der Waals surface area contributed by atoms with Crippen molar-refractivity contribution in [2.24, 2.45) is 0 Å². The SMILES string of the molecule is COc1ccccc1-c1cc(C2=CCCN(C(=O)CCn3ccnn3)C2)c(F)c2[nH]c(C(=O)N3CCCN(CCO)CC3)cc12. The van der Waals surface area contributed by atoms with E-state index in [9.17, 15) is 14.7 Å². The smallest absolute Gasteiger partial charge is 0.270 e. The molecule has 236 valence electrons. The number of aromatic amines is 1. The Morgan fingerprint density at radius 3 is 2.69 bits per heavy atom. The van der Waals surface area contributed by atoms with Crippen LogP contribution in [-0.2, 0) is 11.3 Å². The number of methoxy groups -OCH3 is 1. The summed E-state index contributed by atoms with van der Waals surface area (Å²) in [5, 5.41) is 17.6. The minimum absolute atomic E-state index is 0.0368. The van der Waals surface area contributed by atoms with Gasteiger partial charge in [0.15, 0.2) is 5.82 Å². The number of carbonyl (C=O) groups is 2. The van der Waals surface area contributed by atoms with E-state index in [1.807, 2.05) is 36.4 Å². The highest BCUT2D eigenvalue weighted by molar-refractivity contribution is 6.05. The maximum Gasteiger partial charge on any atom is 0.270 e. The van der Waals surface area contributed by atoms with Gasteiger partial charge in [-0.15, -0.1) is 5.10 Å². The van der Waals surface area contributed by atoms with Gasteiger partial charge in [-0.25, -0.2) is 4.39 Å². The molecule has 2 aliphatic rings. The number of benzene rings is 2. The molecule has 2 aromatic carbocycles. The number of ether oxygens (including phenoxy) is 1. The average Bonchev–Trinajstić information content (AvgIpc) is 3.71. The van der Waals surface area contributed by atoms with Crippen LogP contribution in [0.15, 0.2) is 54.9 Å². The number of hydrogen-bond donors (Lipinski definition) is 2. The summed E-state index contributed by atoms with van der Waals surface area (Å²) in [7, 11) is 1.60. The van der Waals surface area contributed by atoms with Crippen molar-refractivity contribution in [3.05, 3.63) is 71.9 Å². The lowest BCUT2D eigenvalue weighted by molar-refractivity contribution is -0.131. The molecule has 6 rings (SSSR count). The van der Waals surface area contributed by atoms with Gasteiger partial charge in [0, 0.05) is 68.4 Å².